The number of rotatable bonds is 19. The lowest BCUT2D eigenvalue weighted by Crippen LogP contribution is -2.18. The third-order valence-corrected chi connectivity index (χ3v) is 7.16. The summed E-state index contributed by atoms with van der Waals surface area (Å²) in [6.07, 6.45) is 21.7. The Morgan fingerprint density at radius 3 is 2.17 bits per heavy atom. The summed E-state index contributed by atoms with van der Waals surface area (Å²) < 4.78 is 6.41. The first kappa shape index (κ1) is 33.5. The van der Waals surface area contributed by atoms with Gasteiger partial charge < -0.3 is 9.84 Å². The van der Waals surface area contributed by atoms with Crippen molar-refractivity contribution in [2.24, 2.45) is 17.3 Å². The molecule has 0 spiro atoms. The summed E-state index contributed by atoms with van der Waals surface area (Å²) in [6, 6.07) is 8.49. The van der Waals surface area contributed by atoms with Gasteiger partial charge in [-0.05, 0) is 51.2 Å². The van der Waals surface area contributed by atoms with Crippen LogP contribution in [0.3, 0.4) is 0 Å². The monoisotopic (exact) mass is 562 g/mol. The molecular formula is C33H46N4O4. The molecule has 1 aromatic heterocycles. The van der Waals surface area contributed by atoms with Gasteiger partial charge in [-0.25, -0.2) is 4.79 Å². The number of nitrogens with zero attached hydrogens (tertiary/aromatic N) is 4. The zero-order chi connectivity index (χ0) is 29.9. The van der Waals surface area contributed by atoms with Crippen LogP contribution in [0.15, 0.2) is 51.4 Å². The lowest BCUT2D eigenvalue weighted by Gasteiger charge is -2.09. The van der Waals surface area contributed by atoms with Crippen molar-refractivity contribution >= 4 is 17.3 Å². The zero-order valence-corrected chi connectivity index (χ0v) is 25.0. The van der Waals surface area contributed by atoms with Gasteiger partial charge >= 0.3 is 5.97 Å². The molecule has 41 heavy (non-hydrogen) atoms. The minimum atomic E-state index is -0.595. The number of aromatic nitrogens is 1. The van der Waals surface area contributed by atoms with Gasteiger partial charge in [-0.15, -0.1) is 10.2 Å². The highest BCUT2D eigenvalue weighted by Crippen LogP contribution is 2.27. The number of ether oxygens (including phenoxy) is 1. The van der Waals surface area contributed by atoms with Crippen LogP contribution in [-0.2, 0) is 11.8 Å². The van der Waals surface area contributed by atoms with Crippen molar-refractivity contribution in [2.75, 3.05) is 6.61 Å². The van der Waals surface area contributed by atoms with E-state index in [1.165, 1.54) is 78.2 Å². The molecule has 222 valence electrons. The maximum absolute atomic E-state index is 12.7. The first-order valence-corrected chi connectivity index (χ1v) is 15.1. The first-order valence-electron chi connectivity index (χ1n) is 15.1. The predicted octanol–water partition coefficient (Wildman–Crippen LogP) is 8.88. The maximum Gasteiger partial charge on any atom is 0.340 e. The smallest absolute Gasteiger partial charge is 0.340 e. The van der Waals surface area contributed by atoms with Crippen molar-refractivity contribution in [3.05, 3.63) is 63.5 Å². The summed E-state index contributed by atoms with van der Waals surface area (Å²) in [5.74, 6) is -0.926. The Hall–Kier alpha value is -3.73. The quantitative estimate of drug-likeness (QED) is 0.0794. The molecule has 1 N–H and O–H groups in total. The lowest BCUT2D eigenvalue weighted by atomic mass is 10.1. The number of azo groups is 1. The third-order valence-electron chi connectivity index (χ3n) is 7.16. The molecule has 0 saturated carbocycles. The van der Waals surface area contributed by atoms with Gasteiger partial charge in [0, 0.05) is 12.6 Å². The topological polar surface area (TPSA) is 117 Å². The van der Waals surface area contributed by atoms with Crippen LogP contribution in [0.5, 0.6) is 5.88 Å². The second kappa shape index (κ2) is 19.4. The van der Waals surface area contributed by atoms with E-state index in [9.17, 15) is 20.0 Å². The number of carbonyl (C=O) groups is 1. The Labute approximate surface area is 244 Å². The second-order valence-corrected chi connectivity index (χ2v) is 10.4. The number of nitriles is 1. The largest absolute Gasteiger partial charge is 0.493 e. The summed E-state index contributed by atoms with van der Waals surface area (Å²) >= 11 is 0. The number of pyridine rings is 1. The van der Waals surface area contributed by atoms with Gasteiger partial charge in [0.25, 0.3) is 5.56 Å². The van der Waals surface area contributed by atoms with Gasteiger partial charge in [0.1, 0.15) is 17.3 Å². The number of unbranched alkanes of at least 4 members (excludes halogenated alkanes) is 12. The molecule has 1 heterocycles. The van der Waals surface area contributed by atoms with Gasteiger partial charge in [-0.2, -0.15) is 5.26 Å². The van der Waals surface area contributed by atoms with Crippen LogP contribution in [0.25, 0.3) is 0 Å². The summed E-state index contributed by atoms with van der Waals surface area (Å²) in [4.78, 5) is 25.2. The molecule has 0 unspecified atom stereocenters. The number of allylic oxidation sites excluding steroid dienone is 2. The maximum atomic E-state index is 12.7. The molecule has 0 saturated heterocycles. The molecule has 8 nitrogen and oxygen atoms in total. The van der Waals surface area contributed by atoms with Crippen molar-refractivity contribution in [2.45, 2.75) is 104 Å². The molecule has 0 amide bonds. The lowest BCUT2D eigenvalue weighted by molar-refractivity contribution is 0.0498. The summed E-state index contributed by atoms with van der Waals surface area (Å²) in [5.41, 5.74) is -0.000599. The van der Waals surface area contributed by atoms with Crippen LogP contribution >= 0.6 is 0 Å². The van der Waals surface area contributed by atoms with Crippen LogP contribution in [0.4, 0.5) is 11.4 Å². The Kier molecular flexibility index (Phi) is 15.8. The Morgan fingerprint density at radius 2 is 1.54 bits per heavy atom. The molecule has 1 aromatic carbocycles. The molecule has 2 rings (SSSR count). The molecule has 2 aromatic rings. The SMILES string of the molecule is CCCCCCCCC=CCCCCCCCCOC(=O)c1ccccc1N=Nc1c(C)c(C#N)c(O)n(C)c1=O. The summed E-state index contributed by atoms with van der Waals surface area (Å²) in [5, 5.41) is 27.5. The van der Waals surface area contributed by atoms with Crippen molar-refractivity contribution < 1.29 is 14.6 Å². The fourth-order valence-electron chi connectivity index (χ4n) is 4.55. The summed E-state index contributed by atoms with van der Waals surface area (Å²) in [6.45, 7) is 4.10. The third kappa shape index (κ3) is 11.3. The Morgan fingerprint density at radius 1 is 0.951 bits per heavy atom. The number of hydrogen-bond acceptors (Lipinski definition) is 7. The van der Waals surface area contributed by atoms with Crippen molar-refractivity contribution in [1.29, 1.82) is 5.26 Å². The molecule has 0 atom stereocenters. The predicted molar refractivity (Wildman–Crippen MR) is 163 cm³/mol. The van der Waals surface area contributed by atoms with E-state index in [0.717, 1.165) is 30.3 Å². The average Bonchev–Trinajstić information content (AvgIpc) is 2.98. The fourth-order valence-corrected chi connectivity index (χ4v) is 4.55. The average molecular weight is 563 g/mol. The minimum absolute atomic E-state index is 0.0515. The van der Waals surface area contributed by atoms with E-state index >= 15 is 0 Å². The van der Waals surface area contributed by atoms with Gasteiger partial charge in [0.05, 0.1) is 12.2 Å². The van der Waals surface area contributed by atoms with Gasteiger partial charge in [0.2, 0.25) is 5.88 Å². The normalized spacial score (nSPS) is 11.4. The molecule has 8 heteroatoms. The van der Waals surface area contributed by atoms with Crippen LogP contribution in [-0.4, -0.2) is 22.2 Å². The van der Waals surface area contributed by atoms with Crippen LogP contribution in [0.1, 0.15) is 118 Å². The van der Waals surface area contributed by atoms with Crippen LogP contribution < -0.4 is 5.56 Å². The Balaban J connectivity index is 1.70. The highest BCUT2D eigenvalue weighted by atomic mass is 16.5. The van der Waals surface area contributed by atoms with E-state index in [4.69, 9.17) is 4.74 Å². The number of carbonyl (C=O) groups excluding carboxylic acids is 1. The standard InChI is InChI=1S/C33H46N4O4/c1-4-5-6-7-8-9-10-11-12-13-14-15-16-17-18-21-24-41-33(40)27-22-19-20-23-29(27)35-36-30-26(2)28(25-34)31(38)37(3)32(30)39/h11-12,19-20,22-23,38H,4-10,13-18,21,24H2,1-3H3. The van der Waals surface area contributed by atoms with E-state index < -0.39 is 17.4 Å². The van der Waals surface area contributed by atoms with E-state index in [1.54, 1.807) is 24.3 Å². The number of benzene rings is 1. The molecule has 0 aliphatic carbocycles. The van der Waals surface area contributed by atoms with Crippen molar-refractivity contribution in [3.8, 4) is 11.9 Å². The minimum Gasteiger partial charge on any atom is -0.493 e. The van der Waals surface area contributed by atoms with E-state index in [-0.39, 0.29) is 28.1 Å². The van der Waals surface area contributed by atoms with Crippen LogP contribution in [0, 0.1) is 18.3 Å². The number of hydrogen-bond donors (Lipinski definition) is 1. The first-order chi connectivity index (χ1) is 19.9. The van der Waals surface area contributed by atoms with E-state index in [0.29, 0.717) is 6.61 Å². The number of aromatic hydroxyl groups is 1. The van der Waals surface area contributed by atoms with Crippen molar-refractivity contribution in [3.63, 3.8) is 0 Å². The fraction of sp³-hybridized carbons (Fsp3) is 0.545. The highest BCUT2D eigenvalue weighted by molar-refractivity contribution is 5.94. The van der Waals surface area contributed by atoms with Gasteiger partial charge in [-0.3, -0.25) is 9.36 Å². The van der Waals surface area contributed by atoms with Gasteiger partial charge in [0.15, 0.2) is 5.69 Å². The van der Waals surface area contributed by atoms with E-state index in [1.807, 2.05) is 6.07 Å². The van der Waals surface area contributed by atoms with E-state index in [2.05, 4.69) is 29.3 Å². The van der Waals surface area contributed by atoms with Crippen molar-refractivity contribution in [1.82, 2.24) is 4.57 Å². The molecule has 0 radical (unpaired) electrons. The number of esters is 1. The molecular weight excluding hydrogens is 516 g/mol. The zero-order valence-electron chi connectivity index (χ0n) is 25.0. The highest BCUT2D eigenvalue weighted by Gasteiger charge is 2.18. The van der Waals surface area contributed by atoms with Gasteiger partial charge in [-0.1, -0.05) is 89.0 Å². The molecule has 0 aliphatic rings. The molecule has 0 bridgehead atoms. The summed E-state index contributed by atoms with van der Waals surface area (Å²) in [7, 11) is 1.35. The molecule has 0 aliphatic heterocycles. The van der Waals surface area contributed by atoms with Crippen LogP contribution in [0.2, 0.25) is 0 Å². The Bertz CT molecular complexity index is 1260. The molecule has 0 fully saturated rings. The second-order valence-electron chi connectivity index (χ2n) is 10.4.